The van der Waals surface area contributed by atoms with Crippen LogP contribution in [0.1, 0.15) is 36.7 Å². The van der Waals surface area contributed by atoms with E-state index >= 15 is 0 Å². The van der Waals surface area contributed by atoms with Crippen molar-refractivity contribution in [3.05, 3.63) is 41.0 Å². The Morgan fingerprint density at radius 1 is 1.14 bits per heavy atom. The number of hydrazine groups is 1. The summed E-state index contributed by atoms with van der Waals surface area (Å²) in [4.78, 5) is 8.91. The Morgan fingerprint density at radius 3 is 2.38 bits per heavy atom. The predicted molar refractivity (Wildman–Crippen MR) is 83.1 cm³/mol. The Morgan fingerprint density at radius 2 is 1.81 bits per heavy atom. The summed E-state index contributed by atoms with van der Waals surface area (Å²) in [5.74, 6) is 7.36. The largest absolute Gasteiger partial charge is 0.340 e. The van der Waals surface area contributed by atoms with E-state index in [1.807, 2.05) is 27.7 Å². The third kappa shape index (κ3) is 3.28. The van der Waals surface area contributed by atoms with Gasteiger partial charge in [0.2, 0.25) is 0 Å². The van der Waals surface area contributed by atoms with Crippen molar-refractivity contribution in [2.45, 2.75) is 33.6 Å². The van der Waals surface area contributed by atoms with Gasteiger partial charge in [0, 0.05) is 17.2 Å². The van der Waals surface area contributed by atoms with Crippen LogP contribution in [0, 0.1) is 19.7 Å². The molecule has 6 heteroatoms. The molecule has 1 heterocycles. The zero-order valence-electron chi connectivity index (χ0n) is 12.7. The molecule has 0 amide bonds. The van der Waals surface area contributed by atoms with Crippen LogP contribution >= 0.6 is 0 Å². The van der Waals surface area contributed by atoms with Crippen molar-refractivity contribution in [1.29, 1.82) is 0 Å². The second kappa shape index (κ2) is 6.05. The minimum atomic E-state index is -0.260. The van der Waals surface area contributed by atoms with Gasteiger partial charge < -0.3 is 10.7 Å². The molecule has 0 unspecified atom stereocenters. The number of anilines is 3. The van der Waals surface area contributed by atoms with Crippen LogP contribution in [0.3, 0.4) is 0 Å². The molecule has 0 fully saturated rings. The lowest BCUT2D eigenvalue weighted by Crippen LogP contribution is -2.14. The van der Waals surface area contributed by atoms with Crippen LogP contribution in [0.15, 0.2) is 18.2 Å². The lowest BCUT2D eigenvalue weighted by molar-refractivity contribution is 0.627. The molecule has 1 aromatic heterocycles. The fourth-order valence-electron chi connectivity index (χ4n) is 1.95. The van der Waals surface area contributed by atoms with Crippen molar-refractivity contribution in [3.8, 4) is 0 Å². The summed E-state index contributed by atoms with van der Waals surface area (Å²) >= 11 is 0. The summed E-state index contributed by atoms with van der Waals surface area (Å²) in [6.07, 6.45) is 0. The topological polar surface area (TPSA) is 75.9 Å². The maximum absolute atomic E-state index is 13.2. The van der Waals surface area contributed by atoms with Crippen LogP contribution < -0.4 is 16.6 Å². The third-order valence-electron chi connectivity index (χ3n) is 3.26. The molecule has 0 saturated heterocycles. The van der Waals surface area contributed by atoms with Gasteiger partial charge in [0.05, 0.1) is 0 Å². The van der Waals surface area contributed by atoms with Crippen molar-refractivity contribution in [2.24, 2.45) is 5.84 Å². The predicted octanol–water partition coefficient (Wildman–Crippen LogP) is 3.39. The zero-order chi connectivity index (χ0) is 15.6. The minimum absolute atomic E-state index is 0.174. The summed E-state index contributed by atoms with van der Waals surface area (Å²) in [6.45, 7) is 7.74. The van der Waals surface area contributed by atoms with Crippen LogP contribution in [-0.2, 0) is 0 Å². The van der Waals surface area contributed by atoms with Crippen molar-refractivity contribution in [3.63, 3.8) is 0 Å². The Kier molecular flexibility index (Phi) is 4.37. The Labute approximate surface area is 123 Å². The van der Waals surface area contributed by atoms with Crippen LogP contribution in [0.5, 0.6) is 0 Å². The summed E-state index contributed by atoms with van der Waals surface area (Å²) < 4.78 is 13.2. The molecule has 0 spiro atoms. The van der Waals surface area contributed by atoms with Gasteiger partial charge in [-0.2, -0.15) is 0 Å². The fraction of sp³-hybridized carbons (Fsp3) is 0.333. The van der Waals surface area contributed by atoms with E-state index in [0.717, 1.165) is 16.8 Å². The molecule has 4 N–H and O–H groups in total. The second-order valence-electron chi connectivity index (χ2n) is 5.29. The first-order valence-corrected chi connectivity index (χ1v) is 6.80. The summed E-state index contributed by atoms with van der Waals surface area (Å²) in [7, 11) is 0. The van der Waals surface area contributed by atoms with E-state index in [-0.39, 0.29) is 11.7 Å². The van der Waals surface area contributed by atoms with Crippen LogP contribution in [0.4, 0.5) is 21.7 Å². The molecule has 0 bridgehead atoms. The van der Waals surface area contributed by atoms with E-state index in [1.54, 1.807) is 6.07 Å². The third-order valence-corrected chi connectivity index (χ3v) is 3.26. The Bertz CT molecular complexity index is 655. The van der Waals surface area contributed by atoms with Gasteiger partial charge in [0.25, 0.3) is 0 Å². The average molecular weight is 289 g/mol. The van der Waals surface area contributed by atoms with Gasteiger partial charge in [-0.15, -0.1) is 0 Å². The maximum atomic E-state index is 13.2. The molecule has 2 rings (SSSR count). The van der Waals surface area contributed by atoms with Gasteiger partial charge in [0.1, 0.15) is 23.3 Å². The van der Waals surface area contributed by atoms with E-state index in [9.17, 15) is 4.39 Å². The standard InChI is InChI=1S/C15H20FN5/c1-8(2)13-19-14(10(4)15(20-13)21-17)18-12-6-5-11(16)7-9(12)3/h5-8H,17H2,1-4H3,(H2,18,19,20,21). The highest BCUT2D eigenvalue weighted by atomic mass is 19.1. The van der Waals surface area contributed by atoms with Crippen molar-refractivity contribution in [2.75, 3.05) is 10.7 Å². The number of nitrogens with one attached hydrogen (secondary N) is 2. The lowest BCUT2D eigenvalue weighted by Gasteiger charge is -2.16. The van der Waals surface area contributed by atoms with Gasteiger partial charge in [-0.3, -0.25) is 0 Å². The highest BCUT2D eigenvalue weighted by Crippen LogP contribution is 2.27. The number of nitrogens with two attached hydrogens (primary N) is 1. The number of nitrogens with zero attached hydrogens (tertiary/aromatic N) is 2. The van der Waals surface area contributed by atoms with Gasteiger partial charge in [-0.1, -0.05) is 13.8 Å². The first kappa shape index (κ1) is 15.2. The Hall–Kier alpha value is -2.21. The normalized spacial score (nSPS) is 10.8. The summed E-state index contributed by atoms with van der Waals surface area (Å²) in [5.41, 5.74) is 5.01. The Balaban J connectivity index is 2.45. The molecule has 0 aliphatic rings. The summed E-state index contributed by atoms with van der Waals surface area (Å²) in [5, 5.41) is 3.22. The smallest absolute Gasteiger partial charge is 0.148 e. The van der Waals surface area contributed by atoms with Crippen molar-refractivity contribution >= 4 is 17.3 Å². The highest BCUT2D eigenvalue weighted by Gasteiger charge is 2.13. The number of aryl methyl sites for hydroxylation is 1. The second-order valence-corrected chi connectivity index (χ2v) is 5.29. The van der Waals surface area contributed by atoms with Gasteiger partial charge in [0.15, 0.2) is 0 Å². The zero-order valence-corrected chi connectivity index (χ0v) is 12.7. The fourth-order valence-corrected chi connectivity index (χ4v) is 1.95. The first-order valence-electron chi connectivity index (χ1n) is 6.80. The van der Waals surface area contributed by atoms with Crippen LogP contribution in [0.25, 0.3) is 0 Å². The summed E-state index contributed by atoms with van der Waals surface area (Å²) in [6, 6.07) is 4.58. The molecular formula is C15H20FN5. The number of hydrogen-bond donors (Lipinski definition) is 3. The number of halogens is 1. The molecule has 1 aromatic carbocycles. The highest BCUT2D eigenvalue weighted by molar-refractivity contribution is 5.66. The number of aromatic nitrogens is 2. The molecule has 112 valence electrons. The van der Waals surface area contributed by atoms with Crippen molar-refractivity contribution < 1.29 is 4.39 Å². The van der Waals surface area contributed by atoms with E-state index < -0.39 is 0 Å². The number of hydrogen-bond acceptors (Lipinski definition) is 5. The molecule has 0 aliphatic heterocycles. The number of nitrogen functional groups attached to an aromatic ring is 1. The first-order chi connectivity index (χ1) is 9.92. The molecule has 0 atom stereocenters. The number of benzene rings is 1. The molecular weight excluding hydrogens is 269 g/mol. The maximum Gasteiger partial charge on any atom is 0.148 e. The van der Waals surface area contributed by atoms with E-state index in [2.05, 4.69) is 20.7 Å². The van der Waals surface area contributed by atoms with Gasteiger partial charge in [-0.05, 0) is 37.6 Å². The van der Waals surface area contributed by atoms with Gasteiger partial charge in [-0.25, -0.2) is 20.2 Å². The molecule has 2 aromatic rings. The molecule has 21 heavy (non-hydrogen) atoms. The average Bonchev–Trinajstić information content (AvgIpc) is 2.43. The minimum Gasteiger partial charge on any atom is -0.340 e. The van der Waals surface area contributed by atoms with E-state index in [4.69, 9.17) is 5.84 Å². The lowest BCUT2D eigenvalue weighted by atomic mass is 10.1. The molecule has 0 radical (unpaired) electrons. The van der Waals surface area contributed by atoms with Crippen LogP contribution in [-0.4, -0.2) is 9.97 Å². The molecule has 5 nitrogen and oxygen atoms in total. The van der Waals surface area contributed by atoms with Gasteiger partial charge >= 0.3 is 0 Å². The monoisotopic (exact) mass is 289 g/mol. The number of rotatable bonds is 4. The van der Waals surface area contributed by atoms with Crippen LogP contribution in [0.2, 0.25) is 0 Å². The van der Waals surface area contributed by atoms with E-state index in [0.29, 0.717) is 17.5 Å². The van der Waals surface area contributed by atoms with E-state index in [1.165, 1.54) is 12.1 Å². The quantitative estimate of drug-likeness (QED) is 0.594. The molecule has 0 saturated carbocycles. The van der Waals surface area contributed by atoms with Crippen molar-refractivity contribution in [1.82, 2.24) is 9.97 Å². The molecule has 0 aliphatic carbocycles. The SMILES string of the molecule is Cc1cc(F)ccc1Nc1nc(C(C)C)nc(NN)c1C.